The van der Waals surface area contributed by atoms with Crippen molar-refractivity contribution in [3.05, 3.63) is 0 Å². The van der Waals surface area contributed by atoms with Crippen LogP contribution in [0.1, 0.15) is 154 Å². The molecule has 26 heteroatoms. The summed E-state index contributed by atoms with van der Waals surface area (Å²) in [7, 11) is 0. The van der Waals surface area contributed by atoms with E-state index in [0.717, 1.165) is 217 Å². The molecule has 0 aromatic rings. The zero-order valence-electron chi connectivity index (χ0n) is 65.5. The molecule has 17 fully saturated rings. The Morgan fingerprint density at radius 3 is 0.647 bits per heavy atom. The van der Waals surface area contributed by atoms with E-state index in [1.165, 1.54) is 274 Å². The van der Waals surface area contributed by atoms with Gasteiger partial charge in [-0.05, 0) is 206 Å². The third kappa shape index (κ3) is 94.3. The molecule has 12 N–H and O–H groups in total. The Balaban J connectivity index is 0.000000543. The van der Waals surface area contributed by atoms with Crippen molar-refractivity contribution in [2.24, 2.45) is 0 Å². The van der Waals surface area contributed by atoms with Crippen LogP contribution in [0.15, 0.2) is 0 Å². The summed E-state index contributed by atoms with van der Waals surface area (Å²) in [5, 5.41) is 39.0. The molecule has 102 heavy (non-hydrogen) atoms. The highest BCUT2D eigenvalue weighted by Crippen LogP contribution is 2.07. The first kappa shape index (κ1) is 100. The number of thioether (sulfide) groups is 3. The molecule has 17 aliphatic rings. The molecule has 0 bridgehead atoms. The van der Waals surface area contributed by atoms with Gasteiger partial charge in [-0.15, -0.1) is 0 Å². The van der Waals surface area contributed by atoms with Crippen molar-refractivity contribution in [1.29, 1.82) is 0 Å². The molecule has 0 spiro atoms. The molecule has 17 heterocycles. The summed E-state index contributed by atoms with van der Waals surface area (Å²) in [5.74, 6) is 7.66. The van der Waals surface area contributed by atoms with Gasteiger partial charge in [-0.2, -0.15) is 35.3 Å². The predicted molar refractivity (Wildman–Crippen MR) is 436 cm³/mol. The summed E-state index contributed by atoms with van der Waals surface area (Å²) in [5.41, 5.74) is 0. The van der Waals surface area contributed by atoms with Crippen molar-refractivity contribution in [2.75, 3.05) is 337 Å². The summed E-state index contributed by atoms with van der Waals surface area (Å²) in [6.45, 7) is 48.2. The summed E-state index contributed by atoms with van der Waals surface area (Å²) in [6, 6.07) is 0. The maximum atomic E-state index is 5.19. The molecular formula is C76H164N12O11S3. The molecule has 612 valence electrons. The fraction of sp³-hybridized carbons (Fsp3) is 1.00. The smallest absolute Gasteiger partial charge is 0.0701 e. The SMILES string of the molecule is C1CCCNCC1.C1CCCOCC1.C1CCNC1.C1CCNCC1.C1CCOC1.C1CCOCC1.C1CNC1.C1CNCCN1.C1CNCCNC1.C1CNCCOC1.C1CNCCSC1.C1COC1.C1COCCN1.C1COCCO1.C1COCCOC1.C1CSCCN1.C1CSCCO1. The van der Waals surface area contributed by atoms with E-state index < -0.39 is 0 Å². The van der Waals surface area contributed by atoms with Gasteiger partial charge in [0.05, 0.1) is 72.7 Å². The highest BCUT2D eigenvalue weighted by molar-refractivity contribution is 7.99. The van der Waals surface area contributed by atoms with Crippen molar-refractivity contribution in [3.8, 4) is 0 Å². The van der Waals surface area contributed by atoms with Crippen LogP contribution in [0.2, 0.25) is 0 Å². The van der Waals surface area contributed by atoms with Crippen LogP contribution in [0.3, 0.4) is 0 Å². The first-order chi connectivity index (χ1) is 51.0. The zero-order valence-corrected chi connectivity index (χ0v) is 67.9. The maximum Gasteiger partial charge on any atom is 0.0701 e. The molecule has 17 saturated heterocycles. The molecule has 0 aliphatic carbocycles. The van der Waals surface area contributed by atoms with E-state index in [-0.39, 0.29) is 0 Å². The normalized spacial score (nSPS) is 24.0. The van der Waals surface area contributed by atoms with Crippen LogP contribution in [-0.4, -0.2) is 337 Å². The lowest BCUT2D eigenvalue weighted by Crippen LogP contribution is -2.39. The molecule has 23 nitrogen and oxygen atoms in total. The van der Waals surface area contributed by atoms with Crippen LogP contribution in [0.25, 0.3) is 0 Å². The van der Waals surface area contributed by atoms with E-state index in [1.807, 2.05) is 23.5 Å². The Morgan fingerprint density at radius 1 is 0.108 bits per heavy atom. The van der Waals surface area contributed by atoms with Gasteiger partial charge in [-0.25, -0.2) is 0 Å². The van der Waals surface area contributed by atoms with E-state index in [2.05, 4.69) is 75.6 Å². The molecule has 17 rings (SSSR count). The molecule has 0 atom stereocenters. The van der Waals surface area contributed by atoms with Gasteiger partial charge < -0.3 is 116 Å². The number of rotatable bonds is 0. The molecule has 0 aromatic carbocycles. The van der Waals surface area contributed by atoms with Gasteiger partial charge in [0.15, 0.2) is 0 Å². The Morgan fingerprint density at radius 2 is 0.314 bits per heavy atom. The number of nitrogens with one attached hydrogen (secondary N) is 12. The largest absolute Gasteiger partial charge is 0.381 e. The monoisotopic (exact) mass is 1520 g/mol. The Labute approximate surface area is 638 Å². The third-order valence-electron chi connectivity index (χ3n) is 16.5. The van der Waals surface area contributed by atoms with E-state index in [1.54, 1.807) is 0 Å². The lowest BCUT2D eigenvalue weighted by Gasteiger charge is -2.11. The highest BCUT2D eigenvalue weighted by Gasteiger charge is 2.03. The fourth-order valence-electron chi connectivity index (χ4n) is 9.99. The number of hydrogen-bond acceptors (Lipinski definition) is 26. The standard InChI is InChI=1S/C6H13N.C6H12O.C5H12N2.C5H11NO.C5H11NS.C5H11N.C5H10O2.C5H10O.C4H10N2.C4H9NO.C4H9NS.C4H9N.C4H8O2.C4H8OS.C4H8O.C3H7N.C3H6O/c2*1-2-4-6-7-5-3-1;1-2-6-4-5-7-3-1;2*1-2-6-3-5-7-4-1;1-2-4-6-5-3-1;1-2-6-4-5-7-3-1;1-2-4-6-5-3-1;1-2-6-4-3-5-1;2*1-3-6-4-2-5-1;1-2-4-5-3-1;1-2-6-4-3-5-1;1-3-6-4-2-5-1;1-2-4-5-3-1;2*1-2-4-3-1/h7H,1-6H2;1-6H2;6-7H,1-5H2;2*6H,1-5H2;6H,1-5H2;1-5H2;1-5H2;5-6H,1-4H2;2*5H,1-4H2;5H,1-4H2;2*1-4H2;1-4H2;4H,1-3H2;1-3H2. The molecule has 17 aliphatic heterocycles. The second-order valence-corrected chi connectivity index (χ2v) is 29.7. The highest BCUT2D eigenvalue weighted by atomic mass is 32.2. The lowest BCUT2D eigenvalue weighted by atomic mass is 10.2. The van der Waals surface area contributed by atoms with Crippen LogP contribution in [-0.2, 0) is 52.1 Å². The van der Waals surface area contributed by atoms with Gasteiger partial charge in [0.1, 0.15) is 0 Å². The molecule has 0 saturated carbocycles. The molecule has 0 aromatic heterocycles. The van der Waals surface area contributed by atoms with Gasteiger partial charge >= 0.3 is 0 Å². The van der Waals surface area contributed by atoms with Crippen molar-refractivity contribution in [2.45, 2.75) is 154 Å². The molecule has 0 unspecified atom stereocenters. The number of piperidine rings is 1. The molecule has 0 radical (unpaired) electrons. The van der Waals surface area contributed by atoms with Crippen molar-refractivity contribution in [1.82, 2.24) is 63.8 Å². The average Bonchev–Trinajstić information content (AvgIpc) is 4.07. The number of hydrogen-bond donors (Lipinski definition) is 12. The van der Waals surface area contributed by atoms with E-state index >= 15 is 0 Å². The van der Waals surface area contributed by atoms with Crippen LogP contribution in [0.5, 0.6) is 0 Å². The van der Waals surface area contributed by atoms with Gasteiger partial charge in [-0.1, -0.05) is 32.1 Å². The number of ether oxygens (including phenoxy) is 11. The summed E-state index contributed by atoms with van der Waals surface area (Å²) in [6.07, 6.45) is 32.0. The Kier molecular flexibility index (Phi) is 95.4. The minimum atomic E-state index is 0.778. The minimum Gasteiger partial charge on any atom is -0.381 e. The maximum absolute atomic E-state index is 5.19. The second kappa shape index (κ2) is 97.2. The fourth-order valence-corrected chi connectivity index (χ4v) is 12.3. The first-order valence-electron chi connectivity index (χ1n) is 41.6. The summed E-state index contributed by atoms with van der Waals surface area (Å²) < 4.78 is 55.1. The second-order valence-electron chi connectivity index (χ2n) is 26.1. The summed E-state index contributed by atoms with van der Waals surface area (Å²) >= 11 is 6.06. The van der Waals surface area contributed by atoms with Gasteiger partial charge in [-0.3, -0.25) is 0 Å². The van der Waals surface area contributed by atoms with Gasteiger partial charge in [0.2, 0.25) is 0 Å². The van der Waals surface area contributed by atoms with E-state index in [9.17, 15) is 0 Å². The van der Waals surface area contributed by atoms with Crippen LogP contribution >= 0.6 is 35.3 Å². The Hall–Kier alpha value is 0.130. The van der Waals surface area contributed by atoms with Crippen molar-refractivity contribution < 1.29 is 52.1 Å². The molecular weight excluding hydrogens is 1350 g/mol. The zero-order chi connectivity index (χ0) is 72.1. The topological polar surface area (TPSA) is 246 Å². The van der Waals surface area contributed by atoms with Crippen LogP contribution in [0.4, 0.5) is 0 Å². The number of morpholine rings is 1. The van der Waals surface area contributed by atoms with Gasteiger partial charge in [0, 0.05) is 180 Å². The third-order valence-corrected chi connectivity index (χ3v) is 19.5. The van der Waals surface area contributed by atoms with Crippen LogP contribution < -0.4 is 63.8 Å². The average molecular weight is 1520 g/mol. The predicted octanol–water partition coefficient (Wildman–Crippen LogP) is 6.82. The number of piperazine rings is 1. The first-order valence-corrected chi connectivity index (χ1v) is 45.0. The van der Waals surface area contributed by atoms with E-state index in [4.69, 9.17) is 52.1 Å². The lowest BCUT2D eigenvalue weighted by molar-refractivity contribution is -0.0334. The van der Waals surface area contributed by atoms with Crippen molar-refractivity contribution >= 4 is 35.3 Å². The Bertz CT molecular complexity index is 971. The van der Waals surface area contributed by atoms with Crippen molar-refractivity contribution in [3.63, 3.8) is 0 Å². The van der Waals surface area contributed by atoms with Gasteiger partial charge in [0.25, 0.3) is 0 Å². The van der Waals surface area contributed by atoms with Crippen LogP contribution in [0, 0.1) is 0 Å². The summed E-state index contributed by atoms with van der Waals surface area (Å²) in [4.78, 5) is 0. The van der Waals surface area contributed by atoms with E-state index in [0.29, 0.717) is 0 Å². The minimum absolute atomic E-state index is 0.778. The quantitative estimate of drug-likeness (QED) is 0.119. The molecule has 0 amide bonds.